The molecule has 0 atom stereocenters. The van der Waals surface area contributed by atoms with Crippen molar-refractivity contribution in [2.45, 2.75) is 32.2 Å². The van der Waals surface area contributed by atoms with Gasteiger partial charge >= 0.3 is 0 Å². The highest BCUT2D eigenvalue weighted by atomic mass is 79.9. The van der Waals surface area contributed by atoms with Crippen molar-refractivity contribution in [1.82, 2.24) is 9.88 Å². The number of halogens is 1. The zero-order chi connectivity index (χ0) is 12.4. The van der Waals surface area contributed by atoms with Gasteiger partial charge in [0.15, 0.2) is 0 Å². The molecule has 0 amide bonds. The number of anilines is 1. The Kier molecular flexibility index (Phi) is 3.85. The largest absolute Gasteiger partial charge is 0.370 e. The van der Waals surface area contributed by atoms with E-state index in [1.807, 2.05) is 0 Å². The summed E-state index contributed by atoms with van der Waals surface area (Å²) in [6.45, 7) is 5.85. The predicted molar refractivity (Wildman–Crippen MR) is 77.9 cm³/mol. The molecule has 0 radical (unpaired) electrons. The number of aromatic nitrogens is 1. The van der Waals surface area contributed by atoms with Crippen molar-refractivity contribution in [1.29, 1.82) is 0 Å². The highest BCUT2D eigenvalue weighted by Crippen LogP contribution is 2.27. The zero-order valence-corrected chi connectivity index (χ0v) is 12.3. The van der Waals surface area contributed by atoms with Crippen molar-refractivity contribution >= 4 is 21.6 Å². The van der Waals surface area contributed by atoms with Gasteiger partial charge in [0.2, 0.25) is 0 Å². The molecule has 4 heteroatoms. The fraction of sp³-hybridized carbons (Fsp3) is 0.643. The molecule has 3 rings (SSSR count). The van der Waals surface area contributed by atoms with Gasteiger partial charge in [0.1, 0.15) is 4.60 Å². The van der Waals surface area contributed by atoms with Crippen LogP contribution in [0.3, 0.4) is 0 Å². The van der Waals surface area contributed by atoms with Crippen molar-refractivity contribution in [2.24, 2.45) is 0 Å². The lowest BCUT2D eigenvalue weighted by molar-refractivity contribution is 0.327. The monoisotopic (exact) mass is 309 g/mol. The molecule has 0 bridgehead atoms. The minimum atomic E-state index is 0.958. The highest BCUT2D eigenvalue weighted by Gasteiger charge is 2.20. The van der Waals surface area contributed by atoms with E-state index >= 15 is 0 Å². The first kappa shape index (κ1) is 12.4. The summed E-state index contributed by atoms with van der Waals surface area (Å²) >= 11 is 3.51. The van der Waals surface area contributed by atoms with Crippen LogP contribution in [0.2, 0.25) is 0 Å². The number of likely N-dealkylation sites (tertiary alicyclic amines) is 1. The Morgan fingerprint density at radius 1 is 1.00 bits per heavy atom. The lowest BCUT2D eigenvalue weighted by atomic mass is 10.2. The fourth-order valence-electron chi connectivity index (χ4n) is 2.98. The van der Waals surface area contributed by atoms with Crippen molar-refractivity contribution in [3.8, 4) is 0 Å². The second-order valence-corrected chi connectivity index (χ2v) is 6.09. The number of hydrogen-bond acceptors (Lipinski definition) is 3. The van der Waals surface area contributed by atoms with Crippen molar-refractivity contribution in [2.75, 3.05) is 31.1 Å². The second-order valence-electron chi connectivity index (χ2n) is 5.28. The van der Waals surface area contributed by atoms with Crippen LogP contribution in [-0.2, 0) is 6.54 Å². The third kappa shape index (κ3) is 2.69. The SMILES string of the molecule is Brc1ccc(N2CCCC2)c(CN2CCCC2)n1. The summed E-state index contributed by atoms with van der Waals surface area (Å²) in [6.07, 6.45) is 5.32. The van der Waals surface area contributed by atoms with Gasteiger partial charge in [0, 0.05) is 19.6 Å². The summed E-state index contributed by atoms with van der Waals surface area (Å²) < 4.78 is 0.958. The van der Waals surface area contributed by atoms with Gasteiger partial charge in [-0.05, 0) is 66.8 Å². The van der Waals surface area contributed by atoms with Gasteiger partial charge in [0.05, 0.1) is 11.4 Å². The van der Waals surface area contributed by atoms with Crippen LogP contribution in [-0.4, -0.2) is 36.1 Å². The maximum absolute atomic E-state index is 4.71. The minimum Gasteiger partial charge on any atom is -0.370 e. The summed E-state index contributed by atoms with van der Waals surface area (Å²) in [5.41, 5.74) is 2.59. The topological polar surface area (TPSA) is 19.4 Å². The van der Waals surface area contributed by atoms with Crippen molar-refractivity contribution < 1.29 is 0 Å². The van der Waals surface area contributed by atoms with Crippen LogP contribution in [0.15, 0.2) is 16.7 Å². The summed E-state index contributed by atoms with van der Waals surface area (Å²) in [6, 6.07) is 4.30. The number of hydrogen-bond donors (Lipinski definition) is 0. The van der Waals surface area contributed by atoms with Gasteiger partial charge in [-0.3, -0.25) is 4.90 Å². The molecule has 0 spiro atoms. The highest BCUT2D eigenvalue weighted by molar-refractivity contribution is 9.10. The molecule has 3 heterocycles. The average Bonchev–Trinajstić information content (AvgIpc) is 3.01. The molecule has 0 saturated carbocycles. The number of pyridine rings is 1. The number of rotatable bonds is 3. The van der Waals surface area contributed by atoms with E-state index in [1.54, 1.807) is 0 Å². The fourth-order valence-corrected chi connectivity index (χ4v) is 3.33. The normalized spacial score (nSPS) is 20.8. The molecular weight excluding hydrogens is 290 g/mol. The van der Waals surface area contributed by atoms with E-state index in [2.05, 4.69) is 37.9 Å². The van der Waals surface area contributed by atoms with E-state index in [1.165, 1.54) is 63.2 Å². The van der Waals surface area contributed by atoms with E-state index in [0.717, 1.165) is 11.1 Å². The molecule has 2 aliphatic heterocycles. The maximum atomic E-state index is 4.71. The lowest BCUT2D eigenvalue weighted by Crippen LogP contribution is -2.24. The van der Waals surface area contributed by atoms with E-state index in [-0.39, 0.29) is 0 Å². The van der Waals surface area contributed by atoms with Gasteiger partial charge < -0.3 is 4.90 Å². The van der Waals surface area contributed by atoms with Crippen LogP contribution < -0.4 is 4.90 Å². The Balaban J connectivity index is 1.82. The molecule has 0 aliphatic carbocycles. The Morgan fingerprint density at radius 2 is 1.67 bits per heavy atom. The molecule has 2 fully saturated rings. The third-order valence-corrected chi connectivity index (χ3v) is 4.38. The van der Waals surface area contributed by atoms with E-state index in [0.29, 0.717) is 0 Å². The molecular formula is C14H20BrN3. The van der Waals surface area contributed by atoms with Crippen LogP contribution in [0.25, 0.3) is 0 Å². The molecule has 0 N–H and O–H groups in total. The average molecular weight is 310 g/mol. The Hall–Kier alpha value is -0.610. The van der Waals surface area contributed by atoms with E-state index < -0.39 is 0 Å². The van der Waals surface area contributed by atoms with Crippen LogP contribution in [0.4, 0.5) is 5.69 Å². The van der Waals surface area contributed by atoms with Crippen molar-refractivity contribution in [3.05, 3.63) is 22.4 Å². The molecule has 2 aliphatic rings. The first-order valence-corrected chi connectivity index (χ1v) is 7.75. The summed E-state index contributed by atoms with van der Waals surface area (Å²) in [5.74, 6) is 0. The van der Waals surface area contributed by atoms with Gasteiger partial charge in [-0.25, -0.2) is 4.98 Å². The molecule has 3 nitrogen and oxygen atoms in total. The molecule has 98 valence electrons. The summed E-state index contributed by atoms with van der Waals surface area (Å²) in [5, 5.41) is 0. The van der Waals surface area contributed by atoms with Gasteiger partial charge in [-0.1, -0.05) is 0 Å². The summed E-state index contributed by atoms with van der Waals surface area (Å²) in [7, 11) is 0. The first-order valence-electron chi connectivity index (χ1n) is 6.96. The van der Waals surface area contributed by atoms with Gasteiger partial charge in [-0.2, -0.15) is 0 Å². The first-order chi connectivity index (χ1) is 8.83. The molecule has 1 aromatic heterocycles. The molecule has 0 unspecified atom stereocenters. The van der Waals surface area contributed by atoms with Gasteiger partial charge in [0.25, 0.3) is 0 Å². The molecule has 2 saturated heterocycles. The van der Waals surface area contributed by atoms with E-state index in [4.69, 9.17) is 4.98 Å². The molecule has 0 aromatic carbocycles. The maximum Gasteiger partial charge on any atom is 0.106 e. The molecule has 1 aromatic rings. The minimum absolute atomic E-state index is 0.958. The van der Waals surface area contributed by atoms with Crippen LogP contribution >= 0.6 is 15.9 Å². The second kappa shape index (κ2) is 5.57. The Labute approximate surface area is 117 Å². The number of nitrogens with zero attached hydrogens (tertiary/aromatic N) is 3. The van der Waals surface area contributed by atoms with E-state index in [9.17, 15) is 0 Å². The van der Waals surface area contributed by atoms with Crippen LogP contribution in [0, 0.1) is 0 Å². The van der Waals surface area contributed by atoms with Gasteiger partial charge in [-0.15, -0.1) is 0 Å². The molecule has 18 heavy (non-hydrogen) atoms. The van der Waals surface area contributed by atoms with Crippen molar-refractivity contribution in [3.63, 3.8) is 0 Å². The Morgan fingerprint density at radius 3 is 2.39 bits per heavy atom. The third-order valence-electron chi connectivity index (χ3n) is 3.93. The smallest absolute Gasteiger partial charge is 0.106 e. The lowest BCUT2D eigenvalue weighted by Gasteiger charge is -2.23. The standard InChI is InChI=1S/C14H20BrN3/c15-14-6-5-13(18-9-3-4-10-18)12(16-14)11-17-7-1-2-8-17/h5-6H,1-4,7-11H2. The zero-order valence-electron chi connectivity index (χ0n) is 10.7. The summed E-state index contributed by atoms with van der Waals surface area (Å²) in [4.78, 5) is 9.73. The predicted octanol–water partition coefficient (Wildman–Crippen LogP) is 3.04. The Bertz CT molecular complexity index is 410. The quantitative estimate of drug-likeness (QED) is 0.800. The van der Waals surface area contributed by atoms with Crippen LogP contribution in [0.1, 0.15) is 31.4 Å². The van der Waals surface area contributed by atoms with Crippen LogP contribution in [0.5, 0.6) is 0 Å².